The standard InChI is InChI=1S/C17H34N2O2/c1-3-5-7-9-12-19(13-10-8-6-4-2)17(20)16-15-18-11-14-21-16/h16,18H,3-15H2,1-2H3. The third kappa shape index (κ3) is 7.82. The maximum absolute atomic E-state index is 12.6. The quantitative estimate of drug-likeness (QED) is 0.596. The fraction of sp³-hybridized carbons (Fsp3) is 0.941. The molecule has 1 fully saturated rings. The van der Waals surface area contributed by atoms with Crippen LogP contribution in [0.15, 0.2) is 0 Å². The number of amides is 1. The molecule has 0 aromatic heterocycles. The Morgan fingerprint density at radius 3 is 2.14 bits per heavy atom. The number of ether oxygens (including phenoxy) is 1. The number of carbonyl (C=O) groups excluding carboxylic acids is 1. The van der Waals surface area contributed by atoms with E-state index < -0.39 is 0 Å². The molecule has 1 amide bonds. The van der Waals surface area contributed by atoms with E-state index in [2.05, 4.69) is 19.2 Å². The molecule has 1 aliphatic rings. The molecule has 1 unspecified atom stereocenters. The van der Waals surface area contributed by atoms with Gasteiger partial charge in [-0.25, -0.2) is 0 Å². The van der Waals surface area contributed by atoms with Gasteiger partial charge in [-0.3, -0.25) is 4.79 Å². The highest BCUT2D eigenvalue weighted by atomic mass is 16.5. The van der Waals surface area contributed by atoms with Crippen LogP contribution in [0.25, 0.3) is 0 Å². The maximum atomic E-state index is 12.6. The first-order chi connectivity index (χ1) is 10.3. The maximum Gasteiger partial charge on any atom is 0.253 e. The van der Waals surface area contributed by atoms with Gasteiger partial charge in [0.1, 0.15) is 6.10 Å². The van der Waals surface area contributed by atoms with Crippen molar-refractivity contribution in [2.75, 3.05) is 32.8 Å². The molecule has 1 saturated heterocycles. The van der Waals surface area contributed by atoms with Gasteiger partial charge >= 0.3 is 0 Å². The first kappa shape index (κ1) is 18.4. The summed E-state index contributed by atoms with van der Waals surface area (Å²) in [4.78, 5) is 14.6. The van der Waals surface area contributed by atoms with Crippen molar-refractivity contribution in [1.82, 2.24) is 10.2 Å². The number of morpholine rings is 1. The Morgan fingerprint density at radius 1 is 1.05 bits per heavy atom. The lowest BCUT2D eigenvalue weighted by atomic mass is 10.1. The molecule has 124 valence electrons. The van der Waals surface area contributed by atoms with Gasteiger partial charge < -0.3 is 15.0 Å². The summed E-state index contributed by atoms with van der Waals surface area (Å²) in [5, 5.41) is 3.25. The van der Waals surface area contributed by atoms with Crippen molar-refractivity contribution in [3.63, 3.8) is 0 Å². The molecule has 1 aliphatic heterocycles. The minimum Gasteiger partial charge on any atom is -0.366 e. The molecule has 0 bridgehead atoms. The molecule has 0 saturated carbocycles. The zero-order valence-corrected chi connectivity index (χ0v) is 14.0. The summed E-state index contributed by atoms with van der Waals surface area (Å²) in [5.74, 6) is 0.190. The Hall–Kier alpha value is -0.610. The Balaban J connectivity index is 2.38. The molecular formula is C17H34N2O2. The summed E-state index contributed by atoms with van der Waals surface area (Å²) >= 11 is 0. The van der Waals surface area contributed by atoms with Crippen LogP contribution in [-0.2, 0) is 9.53 Å². The van der Waals surface area contributed by atoms with Crippen molar-refractivity contribution in [3.8, 4) is 0 Å². The van der Waals surface area contributed by atoms with E-state index in [1.54, 1.807) is 0 Å². The van der Waals surface area contributed by atoms with Crippen LogP contribution in [0.5, 0.6) is 0 Å². The van der Waals surface area contributed by atoms with Crippen LogP contribution in [0.3, 0.4) is 0 Å². The molecule has 4 heteroatoms. The van der Waals surface area contributed by atoms with Gasteiger partial charge in [0, 0.05) is 26.2 Å². The van der Waals surface area contributed by atoms with Crippen LogP contribution >= 0.6 is 0 Å². The van der Waals surface area contributed by atoms with Crippen molar-refractivity contribution in [1.29, 1.82) is 0 Å². The minimum absolute atomic E-state index is 0.190. The highest BCUT2D eigenvalue weighted by molar-refractivity contribution is 5.81. The van der Waals surface area contributed by atoms with E-state index in [0.29, 0.717) is 13.2 Å². The molecule has 0 spiro atoms. The molecule has 4 nitrogen and oxygen atoms in total. The van der Waals surface area contributed by atoms with Gasteiger partial charge in [-0.15, -0.1) is 0 Å². The second-order valence-corrected chi connectivity index (χ2v) is 6.01. The zero-order chi connectivity index (χ0) is 15.3. The van der Waals surface area contributed by atoms with Crippen LogP contribution in [0.1, 0.15) is 65.2 Å². The summed E-state index contributed by atoms with van der Waals surface area (Å²) in [6.07, 6.45) is 9.41. The second kappa shape index (κ2) is 12.0. The number of nitrogens with zero attached hydrogens (tertiary/aromatic N) is 1. The number of nitrogens with one attached hydrogen (secondary N) is 1. The number of hydrogen-bond donors (Lipinski definition) is 1. The highest BCUT2D eigenvalue weighted by Gasteiger charge is 2.26. The van der Waals surface area contributed by atoms with Crippen molar-refractivity contribution >= 4 is 5.91 Å². The number of unbranched alkanes of at least 4 members (excludes halogenated alkanes) is 6. The molecule has 0 aromatic carbocycles. The lowest BCUT2D eigenvalue weighted by molar-refractivity contribution is -0.145. The minimum atomic E-state index is -0.267. The number of carbonyl (C=O) groups is 1. The van der Waals surface area contributed by atoms with Crippen molar-refractivity contribution < 1.29 is 9.53 Å². The van der Waals surface area contributed by atoms with E-state index in [9.17, 15) is 4.79 Å². The summed E-state index contributed by atoms with van der Waals surface area (Å²) in [7, 11) is 0. The SMILES string of the molecule is CCCCCCN(CCCCCC)C(=O)C1CNCCO1. The Morgan fingerprint density at radius 2 is 1.67 bits per heavy atom. The number of hydrogen-bond acceptors (Lipinski definition) is 3. The fourth-order valence-corrected chi connectivity index (χ4v) is 2.72. The molecule has 0 aliphatic carbocycles. The molecule has 21 heavy (non-hydrogen) atoms. The van der Waals surface area contributed by atoms with Crippen LogP contribution in [-0.4, -0.2) is 49.7 Å². The second-order valence-electron chi connectivity index (χ2n) is 6.01. The van der Waals surface area contributed by atoms with Gasteiger partial charge in [0.15, 0.2) is 0 Å². The summed E-state index contributed by atoms with van der Waals surface area (Å²) < 4.78 is 5.62. The van der Waals surface area contributed by atoms with E-state index >= 15 is 0 Å². The molecular weight excluding hydrogens is 264 g/mol. The Kier molecular flexibility index (Phi) is 10.5. The first-order valence-corrected chi connectivity index (χ1v) is 8.90. The van der Waals surface area contributed by atoms with E-state index in [1.807, 2.05) is 4.90 Å². The third-order valence-corrected chi connectivity index (χ3v) is 4.08. The molecule has 1 rings (SSSR count). The van der Waals surface area contributed by atoms with Gasteiger partial charge in [-0.1, -0.05) is 52.4 Å². The highest BCUT2D eigenvalue weighted by Crippen LogP contribution is 2.09. The normalized spacial score (nSPS) is 18.7. The summed E-state index contributed by atoms with van der Waals surface area (Å²) in [5.41, 5.74) is 0. The first-order valence-electron chi connectivity index (χ1n) is 8.90. The van der Waals surface area contributed by atoms with E-state index in [4.69, 9.17) is 4.74 Å². The zero-order valence-electron chi connectivity index (χ0n) is 14.0. The van der Waals surface area contributed by atoms with Crippen molar-refractivity contribution in [3.05, 3.63) is 0 Å². The fourth-order valence-electron chi connectivity index (χ4n) is 2.72. The smallest absolute Gasteiger partial charge is 0.253 e. The van der Waals surface area contributed by atoms with Gasteiger partial charge in [-0.05, 0) is 12.8 Å². The average Bonchev–Trinajstić information content (AvgIpc) is 2.53. The lowest BCUT2D eigenvalue weighted by Crippen LogP contribution is -2.49. The Bertz CT molecular complexity index is 254. The van der Waals surface area contributed by atoms with Crippen molar-refractivity contribution in [2.45, 2.75) is 71.3 Å². The van der Waals surface area contributed by atoms with Gasteiger partial charge in [0.05, 0.1) is 6.61 Å². The Labute approximate surface area is 130 Å². The van der Waals surface area contributed by atoms with Gasteiger partial charge in [0.2, 0.25) is 0 Å². The largest absolute Gasteiger partial charge is 0.366 e. The monoisotopic (exact) mass is 298 g/mol. The van der Waals surface area contributed by atoms with E-state index in [0.717, 1.165) is 32.5 Å². The predicted molar refractivity (Wildman–Crippen MR) is 87.5 cm³/mol. The van der Waals surface area contributed by atoms with Crippen LogP contribution in [0.2, 0.25) is 0 Å². The lowest BCUT2D eigenvalue weighted by Gasteiger charge is -2.30. The topological polar surface area (TPSA) is 41.6 Å². The average molecular weight is 298 g/mol. The molecule has 1 atom stereocenters. The van der Waals surface area contributed by atoms with Gasteiger partial charge in [0.25, 0.3) is 5.91 Å². The molecule has 1 N–H and O–H groups in total. The third-order valence-electron chi connectivity index (χ3n) is 4.08. The van der Waals surface area contributed by atoms with Crippen LogP contribution < -0.4 is 5.32 Å². The van der Waals surface area contributed by atoms with Crippen LogP contribution in [0, 0.1) is 0 Å². The van der Waals surface area contributed by atoms with E-state index in [1.165, 1.54) is 38.5 Å². The molecule has 0 aromatic rings. The summed E-state index contributed by atoms with van der Waals surface area (Å²) in [6.45, 7) is 8.39. The molecule has 0 radical (unpaired) electrons. The van der Waals surface area contributed by atoms with Crippen LogP contribution in [0.4, 0.5) is 0 Å². The molecule has 1 heterocycles. The summed E-state index contributed by atoms with van der Waals surface area (Å²) in [6, 6.07) is 0. The van der Waals surface area contributed by atoms with Crippen molar-refractivity contribution in [2.24, 2.45) is 0 Å². The van der Waals surface area contributed by atoms with Gasteiger partial charge in [-0.2, -0.15) is 0 Å². The van der Waals surface area contributed by atoms with E-state index in [-0.39, 0.29) is 12.0 Å². The number of rotatable bonds is 11. The predicted octanol–water partition coefficient (Wildman–Crippen LogP) is 2.96.